The van der Waals surface area contributed by atoms with E-state index in [1.54, 1.807) is 29.2 Å². The molecule has 120 valence electrons. The molecule has 7 heteroatoms. The van der Waals surface area contributed by atoms with Crippen molar-refractivity contribution in [2.75, 3.05) is 4.72 Å². The number of hydrogen-bond donors (Lipinski definition) is 2. The minimum Gasteiger partial charge on any atom is -0.359 e. The standard InChI is InChI=1S/C16H18N4O2S/c21-23(22,15-8-10-18-20(15)11-12-3-1-4-12)19-14-6-2-5-13-7-9-17-16(13)14/h2,5-10,12,17,19H,1,3-4,11H2. The van der Waals surface area contributed by atoms with E-state index in [9.17, 15) is 8.42 Å². The van der Waals surface area contributed by atoms with Crippen LogP contribution in [0.4, 0.5) is 5.69 Å². The molecule has 1 fully saturated rings. The maximum Gasteiger partial charge on any atom is 0.279 e. The van der Waals surface area contributed by atoms with Crippen molar-refractivity contribution in [3.05, 3.63) is 42.7 Å². The van der Waals surface area contributed by atoms with Gasteiger partial charge in [0, 0.05) is 18.1 Å². The Kier molecular flexibility index (Phi) is 3.37. The van der Waals surface area contributed by atoms with Crippen LogP contribution in [0.2, 0.25) is 0 Å². The number of nitrogens with one attached hydrogen (secondary N) is 2. The van der Waals surface area contributed by atoms with Crippen LogP contribution in [0.3, 0.4) is 0 Å². The van der Waals surface area contributed by atoms with Crippen LogP contribution in [0.25, 0.3) is 10.9 Å². The number of nitrogens with zero attached hydrogens (tertiary/aromatic N) is 2. The molecule has 4 rings (SSSR count). The molecule has 1 aliphatic carbocycles. The first-order valence-corrected chi connectivity index (χ1v) is 9.22. The first-order valence-electron chi connectivity index (χ1n) is 7.74. The molecule has 0 radical (unpaired) electrons. The Morgan fingerprint density at radius 2 is 2.13 bits per heavy atom. The average Bonchev–Trinajstić information content (AvgIpc) is 3.12. The Labute approximate surface area is 134 Å². The van der Waals surface area contributed by atoms with Crippen LogP contribution in [-0.4, -0.2) is 23.2 Å². The third-order valence-electron chi connectivity index (χ3n) is 4.44. The fourth-order valence-corrected chi connectivity index (χ4v) is 4.18. The first-order chi connectivity index (χ1) is 11.1. The lowest BCUT2D eigenvalue weighted by Crippen LogP contribution is -2.23. The Balaban J connectivity index is 1.65. The van der Waals surface area contributed by atoms with Gasteiger partial charge in [0.25, 0.3) is 10.0 Å². The molecule has 0 atom stereocenters. The second-order valence-corrected chi connectivity index (χ2v) is 7.63. The van der Waals surface area contributed by atoms with Crippen molar-refractivity contribution in [1.82, 2.24) is 14.8 Å². The second kappa shape index (κ2) is 5.42. The highest BCUT2D eigenvalue weighted by molar-refractivity contribution is 7.92. The highest BCUT2D eigenvalue weighted by Gasteiger charge is 2.24. The SMILES string of the molecule is O=S(=O)(Nc1cccc2cc[nH]c12)c1ccnn1CC1CCC1. The number of anilines is 1. The number of H-pyrrole nitrogens is 1. The van der Waals surface area contributed by atoms with E-state index in [4.69, 9.17) is 0 Å². The molecule has 1 aromatic carbocycles. The van der Waals surface area contributed by atoms with Crippen molar-refractivity contribution in [2.45, 2.75) is 30.8 Å². The Bertz CT molecular complexity index is 938. The monoisotopic (exact) mass is 330 g/mol. The molecule has 2 heterocycles. The molecule has 1 aliphatic rings. The van der Waals surface area contributed by atoms with Crippen molar-refractivity contribution < 1.29 is 8.42 Å². The summed E-state index contributed by atoms with van der Waals surface area (Å²) in [7, 11) is -3.67. The largest absolute Gasteiger partial charge is 0.359 e. The Morgan fingerprint density at radius 3 is 2.91 bits per heavy atom. The molecule has 1 saturated carbocycles. The molecule has 0 saturated heterocycles. The lowest BCUT2D eigenvalue weighted by atomic mass is 9.85. The zero-order valence-corrected chi connectivity index (χ0v) is 13.4. The van der Waals surface area contributed by atoms with Gasteiger partial charge in [0.2, 0.25) is 0 Å². The smallest absolute Gasteiger partial charge is 0.279 e. The van der Waals surface area contributed by atoms with Crippen LogP contribution in [-0.2, 0) is 16.6 Å². The van der Waals surface area contributed by atoms with Gasteiger partial charge < -0.3 is 4.98 Å². The summed E-state index contributed by atoms with van der Waals surface area (Å²) in [5.41, 5.74) is 1.32. The topological polar surface area (TPSA) is 79.8 Å². The Morgan fingerprint density at radius 1 is 1.26 bits per heavy atom. The molecule has 0 spiro atoms. The summed E-state index contributed by atoms with van der Waals surface area (Å²) < 4.78 is 29.8. The van der Waals surface area contributed by atoms with E-state index in [1.807, 2.05) is 18.2 Å². The van der Waals surface area contributed by atoms with Gasteiger partial charge in [-0.25, -0.2) is 0 Å². The predicted molar refractivity (Wildman–Crippen MR) is 88.7 cm³/mol. The number of sulfonamides is 1. The van der Waals surface area contributed by atoms with E-state index in [0.29, 0.717) is 18.2 Å². The van der Waals surface area contributed by atoms with Crippen molar-refractivity contribution in [2.24, 2.45) is 5.92 Å². The fourth-order valence-electron chi connectivity index (χ4n) is 2.97. The van der Waals surface area contributed by atoms with Crippen molar-refractivity contribution in [3.63, 3.8) is 0 Å². The maximum absolute atomic E-state index is 12.8. The molecular formula is C16H18N4O2S. The summed E-state index contributed by atoms with van der Waals surface area (Å²) in [6, 6.07) is 8.98. The summed E-state index contributed by atoms with van der Waals surface area (Å²) in [5, 5.41) is 5.37. The van der Waals surface area contributed by atoms with E-state index in [-0.39, 0.29) is 5.03 Å². The summed E-state index contributed by atoms with van der Waals surface area (Å²) in [6.45, 7) is 0.663. The van der Waals surface area contributed by atoms with Gasteiger partial charge in [0.15, 0.2) is 5.03 Å². The zero-order chi connectivity index (χ0) is 15.9. The summed E-state index contributed by atoms with van der Waals surface area (Å²) >= 11 is 0. The normalized spacial score (nSPS) is 15.7. The second-order valence-electron chi connectivity index (χ2n) is 6.00. The van der Waals surface area contributed by atoms with Gasteiger partial charge in [-0.2, -0.15) is 13.5 Å². The summed E-state index contributed by atoms with van der Waals surface area (Å²) in [6.07, 6.45) is 6.86. The molecule has 3 aromatic rings. The quantitative estimate of drug-likeness (QED) is 0.755. The molecule has 2 N–H and O–H groups in total. The van der Waals surface area contributed by atoms with Crippen LogP contribution in [0.15, 0.2) is 47.8 Å². The minimum atomic E-state index is -3.67. The van der Waals surface area contributed by atoms with E-state index >= 15 is 0 Å². The highest BCUT2D eigenvalue weighted by atomic mass is 32.2. The van der Waals surface area contributed by atoms with Crippen molar-refractivity contribution in [3.8, 4) is 0 Å². The van der Waals surface area contributed by atoms with Gasteiger partial charge in [-0.1, -0.05) is 18.6 Å². The number of aromatic amines is 1. The van der Waals surface area contributed by atoms with Crippen LogP contribution >= 0.6 is 0 Å². The van der Waals surface area contributed by atoms with Gasteiger partial charge >= 0.3 is 0 Å². The molecule has 2 aromatic heterocycles. The van der Waals surface area contributed by atoms with Crippen molar-refractivity contribution in [1.29, 1.82) is 0 Å². The summed E-state index contributed by atoms with van der Waals surface area (Å²) in [5.74, 6) is 0.538. The van der Waals surface area contributed by atoms with E-state index in [1.165, 1.54) is 6.42 Å². The van der Waals surface area contributed by atoms with Gasteiger partial charge in [-0.3, -0.25) is 9.40 Å². The fraction of sp³-hybridized carbons (Fsp3) is 0.312. The number of fused-ring (bicyclic) bond motifs is 1. The number of hydrogen-bond acceptors (Lipinski definition) is 3. The minimum absolute atomic E-state index is 0.216. The zero-order valence-electron chi connectivity index (χ0n) is 12.6. The third kappa shape index (κ3) is 2.61. The Hall–Kier alpha value is -2.28. The lowest BCUT2D eigenvalue weighted by Gasteiger charge is -2.25. The first kappa shape index (κ1) is 14.3. The van der Waals surface area contributed by atoms with Gasteiger partial charge in [-0.05, 0) is 37.0 Å². The predicted octanol–water partition coefficient (Wildman–Crippen LogP) is 2.97. The van der Waals surface area contributed by atoms with Crippen LogP contribution in [0.5, 0.6) is 0 Å². The van der Waals surface area contributed by atoms with Gasteiger partial charge in [0.1, 0.15) is 0 Å². The molecule has 23 heavy (non-hydrogen) atoms. The molecule has 0 unspecified atom stereocenters. The maximum atomic E-state index is 12.8. The van der Waals surface area contributed by atoms with E-state index < -0.39 is 10.0 Å². The third-order valence-corrected chi connectivity index (χ3v) is 5.83. The summed E-state index contributed by atoms with van der Waals surface area (Å²) in [4.78, 5) is 3.07. The van der Waals surface area contributed by atoms with Crippen LogP contribution < -0.4 is 4.72 Å². The van der Waals surface area contributed by atoms with E-state index in [0.717, 1.165) is 23.7 Å². The lowest BCUT2D eigenvalue weighted by molar-refractivity contribution is 0.258. The highest BCUT2D eigenvalue weighted by Crippen LogP contribution is 2.29. The molecule has 0 amide bonds. The van der Waals surface area contributed by atoms with E-state index in [2.05, 4.69) is 14.8 Å². The molecule has 6 nitrogen and oxygen atoms in total. The molecular weight excluding hydrogens is 312 g/mol. The van der Waals surface area contributed by atoms with Gasteiger partial charge in [-0.15, -0.1) is 0 Å². The molecule has 0 bridgehead atoms. The number of para-hydroxylation sites is 1. The molecule has 0 aliphatic heterocycles. The number of aromatic nitrogens is 3. The van der Waals surface area contributed by atoms with Crippen molar-refractivity contribution >= 4 is 26.6 Å². The average molecular weight is 330 g/mol. The number of rotatable bonds is 5. The van der Waals surface area contributed by atoms with Crippen LogP contribution in [0, 0.1) is 5.92 Å². The van der Waals surface area contributed by atoms with Crippen LogP contribution in [0.1, 0.15) is 19.3 Å². The number of benzene rings is 1. The van der Waals surface area contributed by atoms with Gasteiger partial charge in [0.05, 0.1) is 17.4 Å².